The predicted octanol–water partition coefficient (Wildman–Crippen LogP) is 0.523. The van der Waals surface area contributed by atoms with Crippen LogP contribution in [0.15, 0.2) is 12.4 Å². The molecule has 0 saturated carbocycles. The summed E-state index contributed by atoms with van der Waals surface area (Å²) in [6.07, 6.45) is 2.41. The van der Waals surface area contributed by atoms with E-state index in [2.05, 4.69) is 26.9 Å². The van der Waals surface area contributed by atoms with Gasteiger partial charge in [-0.2, -0.15) is 9.61 Å². The minimum Gasteiger partial charge on any atom is -0.378 e. The van der Waals surface area contributed by atoms with Crippen LogP contribution in [0.3, 0.4) is 0 Å². The molecule has 0 amide bonds. The largest absolute Gasteiger partial charge is 0.378 e. The zero-order chi connectivity index (χ0) is 11.7. The normalized spacial score (nSPS) is 16.6. The average Bonchev–Trinajstić information content (AvgIpc) is 2.86. The zero-order valence-electron chi connectivity index (χ0n) is 9.83. The molecule has 0 unspecified atom stereocenters. The molecular formula is C11H15N5O. The Morgan fingerprint density at radius 2 is 2.18 bits per heavy atom. The minimum atomic E-state index is 0.765. The van der Waals surface area contributed by atoms with Gasteiger partial charge < -0.3 is 9.64 Å². The molecule has 90 valence electrons. The smallest absolute Gasteiger partial charge is 0.161 e. The first-order valence-corrected chi connectivity index (χ1v) is 5.91. The molecule has 0 aromatic carbocycles. The number of morpholine rings is 1. The number of aryl methyl sites for hydroxylation is 1. The van der Waals surface area contributed by atoms with Gasteiger partial charge in [0.25, 0.3) is 0 Å². The van der Waals surface area contributed by atoms with Crippen LogP contribution < -0.4 is 4.90 Å². The van der Waals surface area contributed by atoms with Crippen LogP contribution in [0.1, 0.15) is 12.7 Å². The van der Waals surface area contributed by atoms with Crippen LogP contribution in [0, 0.1) is 0 Å². The number of fused-ring (bicyclic) bond motifs is 1. The first-order chi connectivity index (χ1) is 8.38. The van der Waals surface area contributed by atoms with Crippen molar-refractivity contribution in [1.82, 2.24) is 19.6 Å². The number of ether oxygens (including phenoxy) is 1. The van der Waals surface area contributed by atoms with Crippen molar-refractivity contribution in [3.63, 3.8) is 0 Å². The highest BCUT2D eigenvalue weighted by Crippen LogP contribution is 2.16. The van der Waals surface area contributed by atoms with Gasteiger partial charge >= 0.3 is 0 Å². The molecule has 0 bridgehead atoms. The van der Waals surface area contributed by atoms with Crippen molar-refractivity contribution >= 4 is 11.5 Å². The number of rotatable bonds is 2. The lowest BCUT2D eigenvalue weighted by atomic mass is 10.3. The summed E-state index contributed by atoms with van der Waals surface area (Å²) in [5, 5.41) is 4.18. The lowest BCUT2D eigenvalue weighted by molar-refractivity contribution is 0.122. The molecule has 6 nitrogen and oxygen atoms in total. The molecule has 0 atom stereocenters. The summed E-state index contributed by atoms with van der Waals surface area (Å²) in [7, 11) is 0. The molecule has 0 N–H and O–H groups in total. The molecule has 6 heteroatoms. The summed E-state index contributed by atoms with van der Waals surface area (Å²) in [6.45, 7) is 5.38. The molecule has 2 aromatic rings. The van der Waals surface area contributed by atoms with Gasteiger partial charge in [-0.15, -0.1) is 0 Å². The molecule has 3 heterocycles. The quantitative estimate of drug-likeness (QED) is 0.757. The molecule has 1 fully saturated rings. The van der Waals surface area contributed by atoms with Crippen LogP contribution in [0.5, 0.6) is 0 Å². The van der Waals surface area contributed by atoms with Gasteiger partial charge in [-0.3, -0.25) is 0 Å². The molecule has 0 spiro atoms. The highest BCUT2D eigenvalue weighted by atomic mass is 16.5. The standard InChI is InChI=1S/C11H15N5O/c1-2-9-14-11(15-3-5-17-6-4-15)7-10-12-8-13-16(9)10/h7-8H,2-6H2,1H3. The van der Waals surface area contributed by atoms with E-state index >= 15 is 0 Å². The van der Waals surface area contributed by atoms with E-state index in [1.165, 1.54) is 0 Å². The number of aromatic nitrogens is 4. The second-order valence-electron chi connectivity index (χ2n) is 4.01. The van der Waals surface area contributed by atoms with E-state index in [1.807, 2.05) is 6.07 Å². The van der Waals surface area contributed by atoms with Gasteiger partial charge in [-0.05, 0) is 0 Å². The molecular weight excluding hydrogens is 218 g/mol. The summed E-state index contributed by atoms with van der Waals surface area (Å²) in [4.78, 5) is 11.1. The Kier molecular flexibility index (Phi) is 2.64. The van der Waals surface area contributed by atoms with Crippen LogP contribution in [0.2, 0.25) is 0 Å². The Balaban J connectivity index is 2.03. The minimum absolute atomic E-state index is 0.765. The monoisotopic (exact) mass is 233 g/mol. The van der Waals surface area contributed by atoms with E-state index in [4.69, 9.17) is 4.74 Å². The fourth-order valence-electron chi connectivity index (χ4n) is 2.06. The van der Waals surface area contributed by atoms with E-state index in [0.29, 0.717) is 0 Å². The SMILES string of the molecule is CCc1nc(N2CCOCC2)cc2ncnn12. The van der Waals surface area contributed by atoms with Crippen molar-refractivity contribution in [2.45, 2.75) is 13.3 Å². The third kappa shape index (κ3) is 1.84. The van der Waals surface area contributed by atoms with Crippen molar-refractivity contribution in [1.29, 1.82) is 0 Å². The Bertz CT molecular complexity index is 518. The Labute approximate surface area is 99.2 Å². The molecule has 1 saturated heterocycles. The molecule has 1 aliphatic rings. The van der Waals surface area contributed by atoms with E-state index in [1.54, 1.807) is 10.8 Å². The van der Waals surface area contributed by atoms with Crippen LogP contribution in [-0.4, -0.2) is 45.9 Å². The molecule has 0 aliphatic carbocycles. The Hall–Kier alpha value is -1.69. The van der Waals surface area contributed by atoms with Gasteiger partial charge in [-0.25, -0.2) is 9.97 Å². The number of hydrogen-bond acceptors (Lipinski definition) is 5. The van der Waals surface area contributed by atoms with Crippen LogP contribution in [0.25, 0.3) is 5.65 Å². The highest BCUT2D eigenvalue weighted by Gasteiger charge is 2.15. The van der Waals surface area contributed by atoms with Crippen molar-refractivity contribution < 1.29 is 4.74 Å². The highest BCUT2D eigenvalue weighted by molar-refractivity contribution is 5.51. The second kappa shape index (κ2) is 4.29. The predicted molar refractivity (Wildman–Crippen MR) is 63.2 cm³/mol. The third-order valence-corrected chi connectivity index (χ3v) is 2.97. The maximum absolute atomic E-state index is 5.35. The van der Waals surface area contributed by atoms with Crippen LogP contribution in [-0.2, 0) is 11.2 Å². The molecule has 3 rings (SSSR count). The van der Waals surface area contributed by atoms with Gasteiger partial charge in [0.15, 0.2) is 5.65 Å². The summed E-state index contributed by atoms with van der Waals surface area (Å²) in [5.41, 5.74) is 0.860. The van der Waals surface area contributed by atoms with Crippen molar-refractivity contribution in [2.24, 2.45) is 0 Å². The number of hydrogen-bond donors (Lipinski definition) is 0. The Morgan fingerprint density at radius 3 is 2.94 bits per heavy atom. The second-order valence-corrected chi connectivity index (χ2v) is 4.01. The maximum atomic E-state index is 5.35. The van der Waals surface area contributed by atoms with Crippen molar-refractivity contribution in [3.05, 3.63) is 18.2 Å². The zero-order valence-corrected chi connectivity index (χ0v) is 9.83. The van der Waals surface area contributed by atoms with E-state index in [-0.39, 0.29) is 0 Å². The lowest BCUT2D eigenvalue weighted by Gasteiger charge is -2.28. The van der Waals surface area contributed by atoms with Crippen molar-refractivity contribution in [3.8, 4) is 0 Å². The Morgan fingerprint density at radius 1 is 1.35 bits per heavy atom. The number of anilines is 1. The van der Waals surface area contributed by atoms with E-state index in [0.717, 1.165) is 50.0 Å². The summed E-state index contributed by atoms with van der Waals surface area (Å²) in [6, 6.07) is 1.98. The topological polar surface area (TPSA) is 55.5 Å². The third-order valence-electron chi connectivity index (χ3n) is 2.97. The van der Waals surface area contributed by atoms with Crippen molar-refractivity contribution in [2.75, 3.05) is 31.2 Å². The average molecular weight is 233 g/mol. The first-order valence-electron chi connectivity index (χ1n) is 5.91. The summed E-state index contributed by atoms with van der Waals surface area (Å²) in [5.74, 6) is 1.92. The fourth-order valence-corrected chi connectivity index (χ4v) is 2.06. The van der Waals surface area contributed by atoms with Crippen LogP contribution >= 0.6 is 0 Å². The molecule has 1 aliphatic heterocycles. The van der Waals surface area contributed by atoms with Gasteiger partial charge in [0.2, 0.25) is 0 Å². The lowest BCUT2D eigenvalue weighted by Crippen LogP contribution is -2.37. The van der Waals surface area contributed by atoms with Gasteiger partial charge in [0.05, 0.1) is 13.2 Å². The van der Waals surface area contributed by atoms with E-state index < -0.39 is 0 Å². The molecule has 17 heavy (non-hydrogen) atoms. The van der Waals surface area contributed by atoms with Crippen LogP contribution in [0.4, 0.5) is 5.82 Å². The van der Waals surface area contributed by atoms with E-state index in [9.17, 15) is 0 Å². The summed E-state index contributed by atoms with van der Waals surface area (Å²) >= 11 is 0. The summed E-state index contributed by atoms with van der Waals surface area (Å²) < 4.78 is 7.14. The van der Waals surface area contributed by atoms with Gasteiger partial charge in [0, 0.05) is 25.6 Å². The molecule has 2 aromatic heterocycles. The van der Waals surface area contributed by atoms with Gasteiger partial charge in [-0.1, -0.05) is 6.92 Å². The molecule has 0 radical (unpaired) electrons. The maximum Gasteiger partial charge on any atom is 0.161 e. The van der Waals surface area contributed by atoms with Gasteiger partial charge in [0.1, 0.15) is 18.0 Å². The number of nitrogens with zero attached hydrogens (tertiary/aromatic N) is 5. The first kappa shape index (κ1) is 10.5. The fraction of sp³-hybridized carbons (Fsp3) is 0.545.